The Balaban J connectivity index is 1.33. The highest BCUT2D eigenvalue weighted by atomic mass is 32.1. The molecule has 0 unspecified atom stereocenters. The van der Waals surface area contributed by atoms with Crippen LogP contribution in [0.4, 0.5) is 5.13 Å². The standard InChI is InChI=1S/C22H28N4O3S/c1-29-18-11-9-15(10-12-18)20-24-25-22(30-20)23-19(27)13-14-26(21(28)16-7-8-16)17-5-3-2-4-6-17/h9-12,16-17H,2-8,13-14H2,1H3,(H,23,25,27). The summed E-state index contributed by atoms with van der Waals surface area (Å²) in [5.41, 5.74) is 0.923. The normalized spacial score (nSPS) is 16.8. The summed E-state index contributed by atoms with van der Waals surface area (Å²) in [6.45, 7) is 0.482. The summed E-state index contributed by atoms with van der Waals surface area (Å²) in [4.78, 5) is 27.2. The first-order chi connectivity index (χ1) is 14.6. The Labute approximate surface area is 180 Å². The van der Waals surface area contributed by atoms with Crippen molar-refractivity contribution < 1.29 is 14.3 Å². The predicted octanol–water partition coefficient (Wildman–Crippen LogP) is 4.11. The molecule has 0 aliphatic heterocycles. The molecule has 2 aliphatic carbocycles. The third-order valence-corrected chi connectivity index (χ3v) is 6.70. The molecule has 0 saturated heterocycles. The van der Waals surface area contributed by atoms with Crippen LogP contribution < -0.4 is 10.1 Å². The minimum absolute atomic E-state index is 0.128. The van der Waals surface area contributed by atoms with Gasteiger partial charge in [-0.25, -0.2) is 0 Å². The van der Waals surface area contributed by atoms with Crippen molar-refractivity contribution in [1.82, 2.24) is 15.1 Å². The molecule has 2 amide bonds. The summed E-state index contributed by atoms with van der Waals surface area (Å²) in [7, 11) is 1.63. The number of carbonyl (C=O) groups is 2. The fraction of sp³-hybridized carbons (Fsp3) is 0.545. The smallest absolute Gasteiger partial charge is 0.227 e. The van der Waals surface area contributed by atoms with Crippen LogP contribution in [-0.4, -0.2) is 46.6 Å². The van der Waals surface area contributed by atoms with Gasteiger partial charge in [-0.2, -0.15) is 0 Å². The number of amides is 2. The fourth-order valence-electron chi connectivity index (χ4n) is 3.96. The number of nitrogens with one attached hydrogen (secondary N) is 1. The van der Waals surface area contributed by atoms with E-state index in [4.69, 9.17) is 4.74 Å². The van der Waals surface area contributed by atoms with Crippen molar-refractivity contribution in [3.05, 3.63) is 24.3 Å². The van der Waals surface area contributed by atoms with Crippen molar-refractivity contribution in [3.8, 4) is 16.3 Å². The minimum atomic E-state index is -0.128. The lowest BCUT2D eigenvalue weighted by molar-refractivity contribution is -0.136. The van der Waals surface area contributed by atoms with Gasteiger partial charge < -0.3 is 15.0 Å². The van der Waals surface area contributed by atoms with E-state index in [1.807, 2.05) is 29.2 Å². The van der Waals surface area contributed by atoms with Crippen LogP contribution in [0.25, 0.3) is 10.6 Å². The molecule has 1 aromatic carbocycles. The summed E-state index contributed by atoms with van der Waals surface area (Å²) >= 11 is 1.34. The quantitative estimate of drug-likeness (QED) is 0.684. The number of benzene rings is 1. The van der Waals surface area contributed by atoms with Gasteiger partial charge >= 0.3 is 0 Å². The number of nitrogens with zero attached hydrogens (tertiary/aromatic N) is 3. The van der Waals surface area contributed by atoms with E-state index in [2.05, 4.69) is 15.5 Å². The molecule has 2 fully saturated rings. The Morgan fingerprint density at radius 1 is 1.10 bits per heavy atom. The summed E-state index contributed by atoms with van der Waals surface area (Å²) in [5, 5.41) is 12.3. The number of hydrogen-bond donors (Lipinski definition) is 1. The van der Waals surface area contributed by atoms with Crippen molar-refractivity contribution in [3.63, 3.8) is 0 Å². The Morgan fingerprint density at radius 3 is 2.50 bits per heavy atom. The van der Waals surface area contributed by atoms with Gasteiger partial charge in [-0.05, 0) is 49.9 Å². The van der Waals surface area contributed by atoms with Gasteiger partial charge in [0, 0.05) is 30.5 Å². The number of carbonyl (C=O) groups excluding carboxylic acids is 2. The number of hydrogen-bond acceptors (Lipinski definition) is 6. The molecular weight excluding hydrogens is 400 g/mol. The second-order valence-electron chi connectivity index (χ2n) is 8.04. The molecule has 7 nitrogen and oxygen atoms in total. The molecule has 1 N–H and O–H groups in total. The van der Waals surface area contributed by atoms with E-state index in [0.29, 0.717) is 17.7 Å². The average molecular weight is 429 g/mol. The maximum absolute atomic E-state index is 12.7. The largest absolute Gasteiger partial charge is 0.497 e. The number of methoxy groups -OCH3 is 1. The first kappa shape index (κ1) is 20.8. The molecule has 160 valence electrons. The van der Waals surface area contributed by atoms with Gasteiger partial charge in [0.25, 0.3) is 0 Å². The Morgan fingerprint density at radius 2 is 1.83 bits per heavy atom. The first-order valence-electron chi connectivity index (χ1n) is 10.7. The van der Waals surface area contributed by atoms with E-state index in [0.717, 1.165) is 42.0 Å². The van der Waals surface area contributed by atoms with Crippen LogP contribution in [0.1, 0.15) is 51.4 Å². The molecule has 0 radical (unpaired) electrons. The zero-order valence-corrected chi connectivity index (χ0v) is 18.1. The highest BCUT2D eigenvalue weighted by molar-refractivity contribution is 7.18. The SMILES string of the molecule is COc1ccc(-c2nnc(NC(=O)CCN(C(=O)C3CC3)C3CCCCC3)s2)cc1. The van der Waals surface area contributed by atoms with E-state index < -0.39 is 0 Å². The highest BCUT2D eigenvalue weighted by Crippen LogP contribution is 2.34. The Kier molecular flexibility index (Phi) is 6.62. The van der Waals surface area contributed by atoms with Crippen LogP contribution in [0, 0.1) is 5.92 Å². The molecule has 30 heavy (non-hydrogen) atoms. The van der Waals surface area contributed by atoms with Crippen LogP contribution in [-0.2, 0) is 9.59 Å². The number of anilines is 1. The Bertz CT molecular complexity index is 873. The second-order valence-corrected chi connectivity index (χ2v) is 9.01. The molecule has 2 aromatic rings. The topological polar surface area (TPSA) is 84.4 Å². The van der Waals surface area contributed by atoms with E-state index >= 15 is 0 Å². The lowest BCUT2D eigenvalue weighted by atomic mass is 9.93. The zero-order chi connectivity index (χ0) is 20.9. The van der Waals surface area contributed by atoms with Gasteiger partial charge in [-0.1, -0.05) is 30.6 Å². The molecular formula is C22H28N4O3S. The van der Waals surface area contributed by atoms with Gasteiger partial charge in [0.15, 0.2) is 0 Å². The number of rotatable bonds is 8. The maximum atomic E-state index is 12.7. The van der Waals surface area contributed by atoms with Crippen molar-refractivity contribution in [2.45, 2.75) is 57.4 Å². The number of aromatic nitrogens is 2. The van der Waals surface area contributed by atoms with E-state index in [9.17, 15) is 9.59 Å². The molecule has 0 spiro atoms. The van der Waals surface area contributed by atoms with Crippen molar-refractivity contribution >= 4 is 28.3 Å². The predicted molar refractivity (Wildman–Crippen MR) is 116 cm³/mol. The molecule has 2 saturated carbocycles. The van der Waals surface area contributed by atoms with E-state index in [1.54, 1.807) is 7.11 Å². The highest BCUT2D eigenvalue weighted by Gasteiger charge is 2.36. The monoisotopic (exact) mass is 428 g/mol. The van der Waals surface area contributed by atoms with Crippen molar-refractivity contribution in [1.29, 1.82) is 0 Å². The maximum Gasteiger partial charge on any atom is 0.227 e. The van der Waals surface area contributed by atoms with Crippen LogP contribution in [0.3, 0.4) is 0 Å². The summed E-state index contributed by atoms with van der Waals surface area (Å²) in [5.74, 6) is 1.08. The summed E-state index contributed by atoms with van der Waals surface area (Å²) in [6, 6.07) is 7.85. The molecule has 0 atom stereocenters. The summed E-state index contributed by atoms with van der Waals surface area (Å²) < 4.78 is 5.17. The molecule has 0 bridgehead atoms. The molecule has 2 aliphatic rings. The first-order valence-corrected chi connectivity index (χ1v) is 11.5. The third kappa shape index (κ3) is 5.16. The zero-order valence-electron chi connectivity index (χ0n) is 17.3. The van der Waals surface area contributed by atoms with Crippen LogP contribution in [0.5, 0.6) is 5.75 Å². The lowest BCUT2D eigenvalue weighted by Gasteiger charge is -2.34. The minimum Gasteiger partial charge on any atom is -0.497 e. The van der Waals surface area contributed by atoms with Gasteiger partial charge in [-0.3, -0.25) is 9.59 Å². The molecule has 8 heteroatoms. The van der Waals surface area contributed by atoms with Gasteiger partial charge in [0.2, 0.25) is 16.9 Å². The van der Waals surface area contributed by atoms with Crippen molar-refractivity contribution in [2.24, 2.45) is 5.92 Å². The van der Waals surface area contributed by atoms with Crippen LogP contribution in [0.15, 0.2) is 24.3 Å². The van der Waals surface area contributed by atoms with Gasteiger partial charge in [0.05, 0.1) is 7.11 Å². The van der Waals surface area contributed by atoms with Crippen LogP contribution in [0.2, 0.25) is 0 Å². The van der Waals surface area contributed by atoms with Crippen LogP contribution >= 0.6 is 11.3 Å². The van der Waals surface area contributed by atoms with Gasteiger partial charge in [-0.15, -0.1) is 10.2 Å². The Hall–Kier alpha value is -2.48. The van der Waals surface area contributed by atoms with E-state index in [-0.39, 0.29) is 24.2 Å². The molecule has 1 heterocycles. The molecule has 1 aromatic heterocycles. The lowest BCUT2D eigenvalue weighted by Crippen LogP contribution is -2.43. The van der Waals surface area contributed by atoms with E-state index in [1.165, 1.54) is 30.6 Å². The second kappa shape index (κ2) is 9.55. The average Bonchev–Trinajstić information content (AvgIpc) is 3.54. The fourth-order valence-corrected chi connectivity index (χ4v) is 4.72. The molecule has 4 rings (SSSR count). The van der Waals surface area contributed by atoms with Crippen molar-refractivity contribution in [2.75, 3.05) is 19.0 Å². The number of ether oxygens (including phenoxy) is 1. The summed E-state index contributed by atoms with van der Waals surface area (Å²) in [6.07, 6.45) is 7.97. The van der Waals surface area contributed by atoms with Gasteiger partial charge in [0.1, 0.15) is 10.8 Å². The third-order valence-electron chi connectivity index (χ3n) is 5.81.